The van der Waals surface area contributed by atoms with Gasteiger partial charge in [0, 0.05) is 16.9 Å². The van der Waals surface area contributed by atoms with E-state index in [-0.39, 0.29) is 0 Å². The van der Waals surface area contributed by atoms with E-state index >= 15 is 0 Å². The number of carbonyl (C=O) groups is 2. The molecule has 0 spiro atoms. The van der Waals surface area contributed by atoms with Crippen molar-refractivity contribution in [3.63, 3.8) is 0 Å². The van der Waals surface area contributed by atoms with E-state index < -0.39 is 5.78 Å². The third kappa shape index (κ3) is 1.78. The van der Waals surface area contributed by atoms with Gasteiger partial charge in [0.2, 0.25) is 5.78 Å². The quantitative estimate of drug-likeness (QED) is 0.245. The number of nitrogens with two attached hydrogens (primary N) is 2. The number of Topliss-reactive ketones (excluding diaryl/α,β-unsaturated/α-hetero) is 1. The summed E-state index contributed by atoms with van der Waals surface area (Å²) in [5.41, 5.74) is 13.1. The van der Waals surface area contributed by atoms with Crippen molar-refractivity contribution >= 4 is 45.0 Å². The number of rotatable bonds is 2. The lowest BCUT2D eigenvalue weighted by molar-refractivity contribution is -0.104. The lowest BCUT2D eigenvalue weighted by Crippen LogP contribution is -2.03. The van der Waals surface area contributed by atoms with Gasteiger partial charge >= 0.3 is 0 Å². The fraction of sp³-hybridized carbons (Fsp3) is 0. The van der Waals surface area contributed by atoms with E-state index in [1.165, 1.54) is 0 Å². The summed E-state index contributed by atoms with van der Waals surface area (Å²) in [5.74, 6) is -0.559. The molecule has 0 bridgehead atoms. The van der Waals surface area contributed by atoms with Crippen molar-refractivity contribution in [2.45, 2.75) is 0 Å². The molecular weight excluding hydrogens is 252 g/mol. The lowest BCUT2D eigenvalue weighted by atomic mass is 9.94. The van der Waals surface area contributed by atoms with Crippen molar-refractivity contribution in [2.24, 2.45) is 0 Å². The topological polar surface area (TPSA) is 86.2 Å². The highest BCUT2D eigenvalue weighted by Crippen LogP contribution is 2.31. The first kappa shape index (κ1) is 12.2. The summed E-state index contributed by atoms with van der Waals surface area (Å²) in [6.45, 7) is 0. The fourth-order valence-electron chi connectivity index (χ4n) is 2.48. The molecule has 0 radical (unpaired) electrons. The van der Waals surface area contributed by atoms with Crippen molar-refractivity contribution in [1.29, 1.82) is 0 Å². The Balaban J connectivity index is 2.56. The van der Waals surface area contributed by atoms with Gasteiger partial charge in [-0.05, 0) is 51.9 Å². The number of nitrogen functional groups attached to an aromatic ring is 2. The van der Waals surface area contributed by atoms with Gasteiger partial charge in [0.05, 0.1) is 0 Å². The monoisotopic (exact) mass is 264 g/mol. The van der Waals surface area contributed by atoms with Crippen LogP contribution in [0.4, 0.5) is 11.4 Å². The molecule has 0 heterocycles. The molecule has 0 saturated carbocycles. The molecular formula is C16H12N2O2. The molecule has 0 saturated heterocycles. The molecule has 4 heteroatoms. The minimum absolute atomic E-state index is 0.327. The summed E-state index contributed by atoms with van der Waals surface area (Å²) in [6, 6.07) is 12.5. The first-order valence-corrected chi connectivity index (χ1v) is 6.11. The molecule has 4 N–H and O–H groups in total. The summed E-state index contributed by atoms with van der Waals surface area (Å²) in [5, 5.41) is 3.06. The van der Waals surface area contributed by atoms with Gasteiger partial charge < -0.3 is 11.5 Å². The second-order valence-electron chi connectivity index (χ2n) is 4.69. The standard InChI is InChI=1S/C16H12N2O2/c17-11-3-4-13-10(6-11)5-9-1-2-12(18)7-14(9)16(13)15(20)8-19/h1-8H,17-18H2. The van der Waals surface area contributed by atoms with E-state index in [9.17, 15) is 9.59 Å². The van der Waals surface area contributed by atoms with Crippen LogP contribution in [0.3, 0.4) is 0 Å². The maximum Gasteiger partial charge on any atom is 0.226 e. The van der Waals surface area contributed by atoms with Crippen LogP contribution in [0.25, 0.3) is 21.5 Å². The smallest absolute Gasteiger partial charge is 0.226 e. The minimum atomic E-state index is -0.559. The first-order chi connectivity index (χ1) is 9.60. The van der Waals surface area contributed by atoms with Gasteiger partial charge in [0.1, 0.15) is 0 Å². The molecule has 98 valence electrons. The van der Waals surface area contributed by atoms with E-state index in [0.29, 0.717) is 34.0 Å². The Morgan fingerprint density at radius 3 is 2.30 bits per heavy atom. The molecule has 0 aliphatic heterocycles. The van der Waals surface area contributed by atoms with Gasteiger partial charge in [0.15, 0.2) is 6.29 Å². The maximum atomic E-state index is 12.0. The van der Waals surface area contributed by atoms with Gasteiger partial charge in [-0.2, -0.15) is 0 Å². The van der Waals surface area contributed by atoms with Crippen molar-refractivity contribution in [3.05, 3.63) is 48.0 Å². The largest absolute Gasteiger partial charge is 0.399 e. The third-order valence-electron chi connectivity index (χ3n) is 3.36. The highest BCUT2D eigenvalue weighted by molar-refractivity contribution is 6.40. The van der Waals surface area contributed by atoms with E-state index in [1.807, 2.05) is 12.1 Å². The second kappa shape index (κ2) is 4.35. The molecule has 0 unspecified atom stereocenters. The molecule has 0 aliphatic rings. The molecule has 0 fully saturated rings. The number of ketones is 1. The van der Waals surface area contributed by atoms with Gasteiger partial charge in [-0.15, -0.1) is 0 Å². The van der Waals surface area contributed by atoms with Crippen molar-refractivity contribution < 1.29 is 9.59 Å². The Bertz CT molecular complexity index is 869. The molecule has 3 rings (SSSR count). The molecule has 3 aromatic rings. The Labute approximate surface area is 115 Å². The van der Waals surface area contributed by atoms with Crippen LogP contribution in [0.2, 0.25) is 0 Å². The Kier molecular flexibility index (Phi) is 2.64. The summed E-state index contributed by atoms with van der Waals surface area (Å²) in [6.07, 6.45) is 0.327. The average molecular weight is 264 g/mol. The van der Waals surface area contributed by atoms with Crippen molar-refractivity contribution in [1.82, 2.24) is 0 Å². The van der Waals surface area contributed by atoms with Crippen LogP contribution < -0.4 is 11.5 Å². The van der Waals surface area contributed by atoms with Crippen LogP contribution >= 0.6 is 0 Å². The third-order valence-corrected chi connectivity index (χ3v) is 3.36. The zero-order valence-corrected chi connectivity index (χ0v) is 10.6. The Morgan fingerprint density at radius 1 is 0.850 bits per heavy atom. The van der Waals surface area contributed by atoms with Crippen molar-refractivity contribution in [3.8, 4) is 0 Å². The molecule has 4 nitrogen and oxygen atoms in total. The van der Waals surface area contributed by atoms with Crippen LogP contribution in [0.1, 0.15) is 10.4 Å². The molecule has 0 aromatic heterocycles. The Morgan fingerprint density at radius 2 is 1.55 bits per heavy atom. The van der Waals surface area contributed by atoms with Gasteiger partial charge in [-0.25, -0.2) is 0 Å². The summed E-state index contributed by atoms with van der Waals surface area (Å²) in [4.78, 5) is 22.9. The predicted octanol–water partition coefficient (Wildman–Crippen LogP) is 2.54. The number of aldehydes is 1. The number of carbonyl (C=O) groups excluding carboxylic acids is 2. The van der Waals surface area contributed by atoms with Crippen LogP contribution in [0.5, 0.6) is 0 Å². The Hall–Kier alpha value is -2.88. The predicted molar refractivity (Wildman–Crippen MR) is 80.7 cm³/mol. The highest BCUT2D eigenvalue weighted by atomic mass is 16.2. The van der Waals surface area contributed by atoms with Gasteiger partial charge in [0.25, 0.3) is 0 Å². The molecule has 3 aromatic carbocycles. The number of hydrogen-bond acceptors (Lipinski definition) is 4. The van der Waals surface area contributed by atoms with E-state index in [0.717, 1.165) is 10.8 Å². The first-order valence-electron chi connectivity index (χ1n) is 6.11. The van der Waals surface area contributed by atoms with Crippen LogP contribution in [-0.2, 0) is 4.79 Å². The normalized spacial score (nSPS) is 10.8. The van der Waals surface area contributed by atoms with Gasteiger partial charge in [-0.1, -0.05) is 12.1 Å². The van der Waals surface area contributed by atoms with Gasteiger partial charge in [-0.3, -0.25) is 9.59 Å². The van der Waals surface area contributed by atoms with Crippen LogP contribution in [-0.4, -0.2) is 12.1 Å². The zero-order valence-electron chi connectivity index (χ0n) is 10.6. The van der Waals surface area contributed by atoms with Crippen LogP contribution in [0.15, 0.2) is 42.5 Å². The van der Waals surface area contributed by atoms with E-state index in [2.05, 4.69) is 0 Å². The molecule has 20 heavy (non-hydrogen) atoms. The zero-order chi connectivity index (χ0) is 14.3. The summed E-state index contributed by atoms with van der Waals surface area (Å²) < 4.78 is 0. The minimum Gasteiger partial charge on any atom is -0.399 e. The average Bonchev–Trinajstić information content (AvgIpc) is 2.44. The van der Waals surface area contributed by atoms with Crippen molar-refractivity contribution in [2.75, 3.05) is 11.5 Å². The second-order valence-corrected chi connectivity index (χ2v) is 4.69. The molecule has 0 aliphatic carbocycles. The fourth-order valence-corrected chi connectivity index (χ4v) is 2.48. The van der Waals surface area contributed by atoms with Crippen LogP contribution in [0, 0.1) is 0 Å². The number of benzene rings is 3. The summed E-state index contributed by atoms with van der Waals surface area (Å²) >= 11 is 0. The molecule has 0 atom stereocenters. The highest BCUT2D eigenvalue weighted by Gasteiger charge is 2.14. The number of hydrogen-bond donors (Lipinski definition) is 2. The maximum absolute atomic E-state index is 12.0. The SMILES string of the molecule is Nc1ccc2c(C(=O)C=O)c3cc(N)ccc3cc2c1. The summed E-state index contributed by atoms with van der Waals surface area (Å²) in [7, 11) is 0. The van der Waals surface area contributed by atoms with E-state index in [4.69, 9.17) is 11.5 Å². The lowest BCUT2D eigenvalue weighted by Gasteiger charge is -2.10. The molecule has 0 amide bonds. The number of fused-ring (bicyclic) bond motifs is 2. The number of anilines is 2. The van der Waals surface area contributed by atoms with E-state index in [1.54, 1.807) is 30.3 Å².